The first-order valence-electron chi connectivity index (χ1n) is 8.45. The lowest BCUT2D eigenvalue weighted by Gasteiger charge is -2.34. The van der Waals surface area contributed by atoms with Crippen molar-refractivity contribution in [3.05, 3.63) is 76.9 Å². The maximum Gasteiger partial charge on any atom is 0.334 e. The third-order valence-corrected chi connectivity index (χ3v) is 5.06. The van der Waals surface area contributed by atoms with E-state index in [1.54, 1.807) is 50.3 Å². The van der Waals surface area contributed by atoms with Crippen molar-refractivity contribution in [1.29, 1.82) is 0 Å². The normalized spacial score (nSPS) is 15.3. The largest absolute Gasteiger partial charge is 0.478 e. The van der Waals surface area contributed by atoms with Gasteiger partial charge in [-0.25, -0.2) is 9.59 Å². The Morgan fingerprint density at radius 1 is 0.926 bits per heavy atom. The molecule has 3 rings (SSSR count). The van der Waals surface area contributed by atoms with E-state index in [2.05, 4.69) is 4.98 Å². The molecule has 0 saturated heterocycles. The molecule has 0 fully saturated rings. The van der Waals surface area contributed by atoms with Gasteiger partial charge >= 0.3 is 11.9 Å². The molecular weight excluding hydrogens is 344 g/mol. The average Bonchev–Trinajstić information content (AvgIpc) is 2.66. The molecule has 0 amide bonds. The molecule has 0 aliphatic carbocycles. The zero-order chi connectivity index (χ0) is 19.7. The molecule has 1 aromatic heterocycles. The van der Waals surface area contributed by atoms with Crippen LogP contribution in [0.1, 0.15) is 25.3 Å². The number of aromatic nitrogens is 1. The average molecular weight is 364 g/mol. The van der Waals surface area contributed by atoms with E-state index in [0.717, 1.165) is 11.1 Å². The molecule has 0 spiro atoms. The molecule has 2 heterocycles. The number of benzene rings is 1. The minimum Gasteiger partial charge on any atom is -0.478 e. The topological polar surface area (TPSA) is 90.7 Å². The number of aliphatic carboxylic acids is 2. The number of hydrogen-bond donors (Lipinski definition) is 2. The quantitative estimate of drug-likeness (QED) is 0.863. The molecule has 27 heavy (non-hydrogen) atoms. The van der Waals surface area contributed by atoms with E-state index in [9.17, 15) is 19.8 Å². The van der Waals surface area contributed by atoms with Crippen molar-refractivity contribution in [2.45, 2.75) is 19.8 Å². The monoisotopic (exact) mass is 364 g/mol. The van der Waals surface area contributed by atoms with Crippen LogP contribution in [0.15, 0.2) is 71.3 Å². The Balaban J connectivity index is 2.13. The summed E-state index contributed by atoms with van der Waals surface area (Å²) in [5, 5.41) is 19.5. The summed E-state index contributed by atoms with van der Waals surface area (Å²) >= 11 is 0. The van der Waals surface area contributed by atoms with Gasteiger partial charge in [0.25, 0.3) is 0 Å². The van der Waals surface area contributed by atoms with Crippen LogP contribution in [0.3, 0.4) is 0 Å². The van der Waals surface area contributed by atoms with Gasteiger partial charge in [0.15, 0.2) is 0 Å². The number of hydrogen-bond acceptors (Lipinski definition) is 4. The Labute approximate surface area is 157 Å². The van der Waals surface area contributed by atoms with Gasteiger partial charge < -0.3 is 15.1 Å². The zero-order valence-corrected chi connectivity index (χ0v) is 15.3. The predicted molar refractivity (Wildman–Crippen MR) is 101 cm³/mol. The molecule has 0 radical (unpaired) electrons. The fourth-order valence-corrected chi connectivity index (χ4v) is 3.47. The third-order valence-electron chi connectivity index (χ3n) is 5.06. The summed E-state index contributed by atoms with van der Waals surface area (Å²) in [6.45, 7) is 3.39. The van der Waals surface area contributed by atoms with Gasteiger partial charge in [-0.1, -0.05) is 30.3 Å². The summed E-state index contributed by atoms with van der Waals surface area (Å²) in [4.78, 5) is 29.6. The molecule has 0 bridgehead atoms. The van der Waals surface area contributed by atoms with E-state index in [1.165, 1.54) is 0 Å². The van der Waals surface area contributed by atoms with Crippen LogP contribution in [-0.4, -0.2) is 39.1 Å². The minimum atomic E-state index is -1.12. The van der Waals surface area contributed by atoms with Gasteiger partial charge in [-0.3, -0.25) is 4.98 Å². The SMILES string of the molecule is CC1=C(C(=O)O)C(c2ccc(-c3cccnc3)cc2)C(C(=O)O)=C(C)N1C. The maximum absolute atomic E-state index is 11.9. The Bertz CT molecular complexity index is 921. The lowest BCUT2D eigenvalue weighted by atomic mass is 9.79. The lowest BCUT2D eigenvalue weighted by Crippen LogP contribution is -2.32. The van der Waals surface area contributed by atoms with Crippen LogP contribution < -0.4 is 0 Å². The molecule has 2 aromatic rings. The summed E-state index contributed by atoms with van der Waals surface area (Å²) in [6, 6.07) is 11.0. The Kier molecular flexibility index (Phi) is 4.81. The van der Waals surface area contributed by atoms with Crippen molar-refractivity contribution in [3.63, 3.8) is 0 Å². The van der Waals surface area contributed by atoms with E-state index in [-0.39, 0.29) is 11.1 Å². The fraction of sp³-hybridized carbons (Fsp3) is 0.190. The van der Waals surface area contributed by atoms with Crippen molar-refractivity contribution in [2.75, 3.05) is 7.05 Å². The van der Waals surface area contributed by atoms with Crippen LogP contribution >= 0.6 is 0 Å². The van der Waals surface area contributed by atoms with E-state index >= 15 is 0 Å². The molecule has 0 unspecified atom stereocenters. The van der Waals surface area contributed by atoms with E-state index in [0.29, 0.717) is 17.0 Å². The maximum atomic E-state index is 11.9. The lowest BCUT2D eigenvalue weighted by molar-refractivity contribution is -0.133. The van der Waals surface area contributed by atoms with Crippen LogP contribution in [0.2, 0.25) is 0 Å². The van der Waals surface area contributed by atoms with Gasteiger partial charge in [-0.2, -0.15) is 0 Å². The Hall–Kier alpha value is -3.41. The molecule has 1 aliphatic heterocycles. The summed E-state index contributed by atoms with van der Waals surface area (Å²) < 4.78 is 0. The van der Waals surface area contributed by atoms with E-state index in [4.69, 9.17) is 0 Å². The van der Waals surface area contributed by atoms with E-state index in [1.807, 2.05) is 24.3 Å². The summed E-state index contributed by atoms with van der Waals surface area (Å²) in [7, 11) is 1.68. The van der Waals surface area contributed by atoms with Crippen LogP contribution in [0.5, 0.6) is 0 Å². The van der Waals surface area contributed by atoms with Crippen molar-refractivity contribution >= 4 is 11.9 Å². The van der Waals surface area contributed by atoms with Crippen molar-refractivity contribution in [2.24, 2.45) is 0 Å². The molecule has 138 valence electrons. The molecule has 0 atom stereocenters. The third kappa shape index (κ3) is 3.21. The smallest absolute Gasteiger partial charge is 0.334 e. The number of carboxylic acid groups (broad SMARTS) is 2. The second kappa shape index (κ2) is 7.07. The number of allylic oxidation sites excluding steroid dienone is 2. The fourth-order valence-electron chi connectivity index (χ4n) is 3.47. The van der Waals surface area contributed by atoms with Crippen LogP contribution in [0.4, 0.5) is 0 Å². The highest BCUT2D eigenvalue weighted by molar-refractivity contribution is 5.98. The first-order chi connectivity index (χ1) is 12.8. The number of rotatable bonds is 4. The van der Waals surface area contributed by atoms with Crippen LogP contribution in [0, 0.1) is 0 Å². The Morgan fingerprint density at radius 2 is 1.48 bits per heavy atom. The molecule has 2 N–H and O–H groups in total. The van der Waals surface area contributed by atoms with E-state index < -0.39 is 17.9 Å². The molecular formula is C21H20N2O4. The minimum absolute atomic E-state index is 0.0784. The van der Waals surface area contributed by atoms with Crippen molar-refractivity contribution in [1.82, 2.24) is 9.88 Å². The molecule has 1 aliphatic rings. The zero-order valence-electron chi connectivity index (χ0n) is 15.3. The number of carbonyl (C=O) groups is 2. The van der Waals surface area contributed by atoms with Crippen molar-refractivity contribution < 1.29 is 19.8 Å². The highest BCUT2D eigenvalue weighted by Crippen LogP contribution is 2.41. The number of pyridine rings is 1. The van der Waals surface area contributed by atoms with Gasteiger partial charge in [0.2, 0.25) is 0 Å². The van der Waals surface area contributed by atoms with Crippen LogP contribution in [-0.2, 0) is 9.59 Å². The second-order valence-corrected chi connectivity index (χ2v) is 6.46. The first kappa shape index (κ1) is 18.4. The summed E-state index contributed by atoms with van der Waals surface area (Å²) in [5.41, 5.74) is 3.71. The highest BCUT2D eigenvalue weighted by Gasteiger charge is 2.38. The molecule has 6 heteroatoms. The molecule has 6 nitrogen and oxygen atoms in total. The van der Waals surface area contributed by atoms with Gasteiger partial charge in [-0.15, -0.1) is 0 Å². The number of nitrogens with zero attached hydrogens (tertiary/aromatic N) is 2. The molecule has 1 aromatic carbocycles. The second-order valence-electron chi connectivity index (χ2n) is 6.46. The Morgan fingerprint density at radius 3 is 1.93 bits per heavy atom. The first-order valence-corrected chi connectivity index (χ1v) is 8.45. The standard InChI is InChI=1S/C21H20N2O4/c1-12-17(20(24)25)19(18(21(26)27)13(2)23(12)3)15-8-6-14(7-9-15)16-5-4-10-22-11-16/h4-11,19H,1-3H3,(H,24,25)(H,26,27). The summed E-state index contributed by atoms with van der Waals surface area (Å²) in [5.74, 6) is -3.07. The summed E-state index contributed by atoms with van der Waals surface area (Å²) in [6.07, 6.45) is 3.43. The highest BCUT2D eigenvalue weighted by atomic mass is 16.4. The predicted octanol–water partition coefficient (Wildman–Crippen LogP) is 3.49. The van der Waals surface area contributed by atoms with Gasteiger partial charge in [0.1, 0.15) is 0 Å². The van der Waals surface area contributed by atoms with Crippen molar-refractivity contribution in [3.8, 4) is 11.1 Å². The number of carboxylic acids is 2. The molecule has 0 saturated carbocycles. The van der Waals surface area contributed by atoms with Gasteiger partial charge in [0.05, 0.1) is 17.1 Å². The van der Waals surface area contributed by atoms with Gasteiger partial charge in [0, 0.05) is 30.8 Å². The van der Waals surface area contributed by atoms with Crippen LogP contribution in [0.25, 0.3) is 11.1 Å². The van der Waals surface area contributed by atoms with Gasteiger partial charge in [-0.05, 0) is 36.6 Å².